The van der Waals surface area contributed by atoms with E-state index in [1.165, 1.54) is 6.42 Å². The van der Waals surface area contributed by atoms with Gasteiger partial charge in [-0.1, -0.05) is 20.3 Å². The highest BCUT2D eigenvalue weighted by molar-refractivity contribution is 5.10. The third-order valence-electron chi connectivity index (χ3n) is 2.32. The average molecular weight is 167 g/mol. The molecule has 2 unspecified atom stereocenters. The first kappa shape index (κ1) is 9.33. The largest absolute Gasteiger partial charge is 0.472 e. The summed E-state index contributed by atoms with van der Waals surface area (Å²) in [6.45, 7) is 4.41. The molecular formula is C10H17NO. The highest BCUT2D eigenvalue weighted by Crippen LogP contribution is 2.20. The lowest BCUT2D eigenvalue weighted by molar-refractivity contribution is 0.457. The third kappa shape index (κ3) is 2.38. The van der Waals surface area contributed by atoms with E-state index >= 15 is 0 Å². The van der Waals surface area contributed by atoms with E-state index in [0.29, 0.717) is 5.92 Å². The van der Waals surface area contributed by atoms with Crippen molar-refractivity contribution >= 4 is 0 Å². The topological polar surface area (TPSA) is 39.2 Å². The maximum absolute atomic E-state index is 5.96. The maximum atomic E-state index is 5.96. The van der Waals surface area contributed by atoms with Gasteiger partial charge in [0.2, 0.25) is 0 Å². The smallest absolute Gasteiger partial charge is 0.0950 e. The van der Waals surface area contributed by atoms with Crippen LogP contribution in [-0.2, 0) is 0 Å². The molecule has 2 heteroatoms. The van der Waals surface area contributed by atoms with Crippen molar-refractivity contribution in [1.29, 1.82) is 0 Å². The normalized spacial score (nSPS) is 15.9. The Bertz CT molecular complexity index is 206. The van der Waals surface area contributed by atoms with Crippen LogP contribution < -0.4 is 5.73 Å². The van der Waals surface area contributed by atoms with Crippen LogP contribution in [0.2, 0.25) is 0 Å². The Labute approximate surface area is 73.8 Å². The molecule has 0 saturated heterocycles. The fraction of sp³-hybridized carbons (Fsp3) is 0.600. The van der Waals surface area contributed by atoms with E-state index in [0.717, 1.165) is 12.0 Å². The van der Waals surface area contributed by atoms with E-state index in [1.807, 2.05) is 6.07 Å². The van der Waals surface area contributed by atoms with Gasteiger partial charge in [-0.25, -0.2) is 0 Å². The zero-order valence-electron chi connectivity index (χ0n) is 7.79. The summed E-state index contributed by atoms with van der Waals surface area (Å²) in [6.07, 6.45) is 5.63. The van der Waals surface area contributed by atoms with E-state index in [9.17, 15) is 0 Å². The summed E-state index contributed by atoms with van der Waals surface area (Å²) in [5, 5.41) is 0. The van der Waals surface area contributed by atoms with Gasteiger partial charge in [0.15, 0.2) is 0 Å². The predicted molar refractivity (Wildman–Crippen MR) is 49.7 cm³/mol. The molecule has 1 rings (SSSR count). The van der Waals surface area contributed by atoms with Crippen molar-refractivity contribution in [1.82, 2.24) is 0 Å². The molecule has 68 valence electrons. The lowest BCUT2D eigenvalue weighted by Crippen LogP contribution is -2.12. The monoisotopic (exact) mass is 167 g/mol. The summed E-state index contributed by atoms with van der Waals surface area (Å²) < 4.78 is 4.97. The van der Waals surface area contributed by atoms with Gasteiger partial charge < -0.3 is 10.2 Å². The quantitative estimate of drug-likeness (QED) is 0.748. The molecule has 0 aliphatic rings. The molecule has 0 aliphatic carbocycles. The molecule has 0 bridgehead atoms. The molecule has 2 atom stereocenters. The second-order valence-corrected chi connectivity index (χ2v) is 3.41. The van der Waals surface area contributed by atoms with Crippen LogP contribution in [0.4, 0.5) is 0 Å². The van der Waals surface area contributed by atoms with Gasteiger partial charge in [0, 0.05) is 11.6 Å². The molecular weight excluding hydrogens is 150 g/mol. The summed E-state index contributed by atoms with van der Waals surface area (Å²) in [6, 6.07) is 2.08. The van der Waals surface area contributed by atoms with Gasteiger partial charge >= 0.3 is 0 Å². The van der Waals surface area contributed by atoms with E-state index in [2.05, 4.69) is 13.8 Å². The van der Waals surface area contributed by atoms with Crippen molar-refractivity contribution in [3.05, 3.63) is 24.2 Å². The van der Waals surface area contributed by atoms with Crippen LogP contribution in [-0.4, -0.2) is 0 Å². The molecule has 12 heavy (non-hydrogen) atoms. The molecule has 0 saturated carbocycles. The Morgan fingerprint density at radius 2 is 2.33 bits per heavy atom. The first-order valence-electron chi connectivity index (χ1n) is 4.51. The van der Waals surface area contributed by atoms with Gasteiger partial charge in [-0.3, -0.25) is 0 Å². The fourth-order valence-corrected chi connectivity index (χ4v) is 1.22. The average Bonchev–Trinajstić information content (AvgIpc) is 2.56. The van der Waals surface area contributed by atoms with E-state index in [-0.39, 0.29) is 6.04 Å². The molecule has 0 amide bonds. The van der Waals surface area contributed by atoms with Crippen molar-refractivity contribution in [2.45, 2.75) is 32.7 Å². The standard InChI is InChI=1S/C10H17NO/c1-3-8(2)6-10(11)9-4-5-12-7-9/h4-5,7-8,10H,3,6,11H2,1-2H3. The summed E-state index contributed by atoms with van der Waals surface area (Å²) >= 11 is 0. The summed E-state index contributed by atoms with van der Waals surface area (Å²) in [5.74, 6) is 0.690. The molecule has 1 aromatic heterocycles. The van der Waals surface area contributed by atoms with Crippen molar-refractivity contribution in [2.75, 3.05) is 0 Å². The summed E-state index contributed by atoms with van der Waals surface area (Å²) in [5.41, 5.74) is 7.06. The maximum Gasteiger partial charge on any atom is 0.0950 e. The minimum absolute atomic E-state index is 0.138. The SMILES string of the molecule is CCC(C)CC(N)c1ccoc1. The highest BCUT2D eigenvalue weighted by atomic mass is 16.3. The number of hydrogen-bond donors (Lipinski definition) is 1. The van der Waals surface area contributed by atoms with Crippen LogP contribution >= 0.6 is 0 Å². The minimum atomic E-state index is 0.138. The number of furan rings is 1. The Balaban J connectivity index is 2.44. The first-order valence-corrected chi connectivity index (χ1v) is 4.51. The molecule has 0 aliphatic heterocycles. The van der Waals surface area contributed by atoms with Crippen molar-refractivity contribution in [2.24, 2.45) is 11.7 Å². The second kappa shape index (κ2) is 4.31. The van der Waals surface area contributed by atoms with Gasteiger partial charge in [-0.2, -0.15) is 0 Å². The van der Waals surface area contributed by atoms with Crippen molar-refractivity contribution in [3.63, 3.8) is 0 Å². The van der Waals surface area contributed by atoms with Gasteiger partial charge in [0.05, 0.1) is 12.5 Å². The Hall–Kier alpha value is -0.760. The Morgan fingerprint density at radius 3 is 2.83 bits per heavy atom. The van der Waals surface area contributed by atoms with Gasteiger partial charge in [-0.05, 0) is 18.4 Å². The first-order chi connectivity index (χ1) is 5.74. The van der Waals surface area contributed by atoms with Gasteiger partial charge in [0.1, 0.15) is 0 Å². The lowest BCUT2D eigenvalue weighted by atomic mass is 9.97. The molecule has 2 N–H and O–H groups in total. The van der Waals surface area contributed by atoms with E-state index in [1.54, 1.807) is 12.5 Å². The number of nitrogens with two attached hydrogens (primary N) is 1. The molecule has 0 radical (unpaired) electrons. The van der Waals surface area contributed by atoms with E-state index < -0.39 is 0 Å². The van der Waals surface area contributed by atoms with Crippen LogP contribution in [0.5, 0.6) is 0 Å². The summed E-state index contributed by atoms with van der Waals surface area (Å²) in [4.78, 5) is 0. The Kier molecular flexibility index (Phi) is 3.35. The van der Waals surface area contributed by atoms with Crippen molar-refractivity contribution in [3.8, 4) is 0 Å². The zero-order chi connectivity index (χ0) is 8.97. The van der Waals surface area contributed by atoms with Gasteiger partial charge in [-0.15, -0.1) is 0 Å². The molecule has 1 aromatic rings. The zero-order valence-corrected chi connectivity index (χ0v) is 7.79. The van der Waals surface area contributed by atoms with Crippen LogP contribution in [0.1, 0.15) is 38.3 Å². The second-order valence-electron chi connectivity index (χ2n) is 3.41. The lowest BCUT2D eigenvalue weighted by Gasteiger charge is -2.13. The van der Waals surface area contributed by atoms with Gasteiger partial charge in [0.25, 0.3) is 0 Å². The third-order valence-corrected chi connectivity index (χ3v) is 2.32. The Morgan fingerprint density at radius 1 is 1.58 bits per heavy atom. The van der Waals surface area contributed by atoms with Crippen LogP contribution in [0.25, 0.3) is 0 Å². The van der Waals surface area contributed by atoms with Crippen LogP contribution in [0.15, 0.2) is 23.0 Å². The summed E-state index contributed by atoms with van der Waals surface area (Å²) in [7, 11) is 0. The van der Waals surface area contributed by atoms with Crippen LogP contribution in [0.3, 0.4) is 0 Å². The number of hydrogen-bond acceptors (Lipinski definition) is 2. The predicted octanol–water partition coefficient (Wildman–Crippen LogP) is 2.72. The highest BCUT2D eigenvalue weighted by Gasteiger charge is 2.10. The van der Waals surface area contributed by atoms with E-state index in [4.69, 9.17) is 10.2 Å². The molecule has 0 fully saturated rings. The minimum Gasteiger partial charge on any atom is -0.472 e. The molecule has 2 nitrogen and oxygen atoms in total. The van der Waals surface area contributed by atoms with Crippen LogP contribution in [0, 0.1) is 5.92 Å². The molecule has 1 heterocycles. The molecule has 0 aromatic carbocycles. The van der Waals surface area contributed by atoms with Crippen molar-refractivity contribution < 1.29 is 4.42 Å². The molecule has 0 spiro atoms. The number of rotatable bonds is 4. The fourth-order valence-electron chi connectivity index (χ4n) is 1.22.